The average molecular weight is 458 g/mol. The van der Waals surface area contributed by atoms with Crippen LogP contribution in [0.5, 0.6) is 11.5 Å². The maximum absolute atomic E-state index is 13.0. The molecule has 3 aromatic carbocycles. The van der Waals surface area contributed by atoms with Gasteiger partial charge in [0.25, 0.3) is 11.8 Å². The molecular formula is C27H27N3O4. The zero-order valence-electron chi connectivity index (χ0n) is 18.9. The predicted molar refractivity (Wildman–Crippen MR) is 128 cm³/mol. The van der Waals surface area contributed by atoms with Crippen molar-refractivity contribution < 1.29 is 19.1 Å². The van der Waals surface area contributed by atoms with E-state index in [1.165, 1.54) is 5.56 Å². The maximum atomic E-state index is 13.0. The molecule has 34 heavy (non-hydrogen) atoms. The van der Waals surface area contributed by atoms with E-state index in [-0.39, 0.29) is 18.6 Å². The van der Waals surface area contributed by atoms with Crippen LogP contribution in [0.2, 0.25) is 0 Å². The molecule has 0 saturated carbocycles. The van der Waals surface area contributed by atoms with Crippen molar-refractivity contribution in [1.29, 1.82) is 0 Å². The van der Waals surface area contributed by atoms with Gasteiger partial charge in [0.1, 0.15) is 0 Å². The number of amides is 2. The molecular weight excluding hydrogens is 430 g/mol. The van der Waals surface area contributed by atoms with Crippen LogP contribution in [0.4, 0.5) is 0 Å². The van der Waals surface area contributed by atoms with Crippen molar-refractivity contribution in [3.05, 3.63) is 95.1 Å². The van der Waals surface area contributed by atoms with Gasteiger partial charge in [-0.15, -0.1) is 0 Å². The molecule has 7 heteroatoms. The number of fused-ring (bicyclic) bond motifs is 1. The van der Waals surface area contributed by atoms with E-state index in [0.717, 1.165) is 36.7 Å². The first-order valence-electron chi connectivity index (χ1n) is 11.5. The van der Waals surface area contributed by atoms with Crippen LogP contribution in [-0.2, 0) is 13.1 Å². The van der Waals surface area contributed by atoms with Crippen molar-refractivity contribution in [3.8, 4) is 11.5 Å². The highest BCUT2D eigenvalue weighted by Crippen LogP contribution is 2.32. The minimum absolute atomic E-state index is 0.0441. The standard InChI is InChI=1S/C27H27N3O4/c31-26(22-4-2-1-3-5-22)28-17-20-6-9-23(10-7-20)27(32)30-14-12-29(13-15-30)18-21-8-11-24-25(16-21)34-19-33-24/h1-11,16H,12-15,17-19H2,(H,28,31). The Labute approximate surface area is 198 Å². The van der Waals surface area contributed by atoms with Gasteiger partial charge in [0, 0.05) is 50.4 Å². The van der Waals surface area contributed by atoms with Crippen molar-refractivity contribution in [2.45, 2.75) is 13.1 Å². The number of rotatable bonds is 6. The molecule has 0 aliphatic carbocycles. The van der Waals surface area contributed by atoms with Crippen molar-refractivity contribution in [3.63, 3.8) is 0 Å². The summed E-state index contributed by atoms with van der Waals surface area (Å²) in [6, 6.07) is 22.6. The Hall–Kier alpha value is -3.84. The third kappa shape index (κ3) is 5.05. The molecule has 174 valence electrons. The first kappa shape index (κ1) is 22.0. The van der Waals surface area contributed by atoms with E-state index in [1.807, 2.05) is 59.5 Å². The second-order valence-corrected chi connectivity index (χ2v) is 8.50. The molecule has 2 amide bonds. The van der Waals surface area contributed by atoms with Crippen LogP contribution in [0.1, 0.15) is 31.8 Å². The molecule has 1 saturated heterocycles. The molecule has 5 rings (SSSR count). The zero-order chi connectivity index (χ0) is 23.3. The van der Waals surface area contributed by atoms with E-state index in [9.17, 15) is 9.59 Å². The lowest BCUT2D eigenvalue weighted by Crippen LogP contribution is -2.48. The van der Waals surface area contributed by atoms with Gasteiger partial charge in [0.05, 0.1) is 0 Å². The monoisotopic (exact) mass is 457 g/mol. The molecule has 2 heterocycles. The molecule has 0 aromatic heterocycles. The normalized spacial score (nSPS) is 15.2. The largest absolute Gasteiger partial charge is 0.454 e. The fourth-order valence-electron chi connectivity index (χ4n) is 4.23. The van der Waals surface area contributed by atoms with E-state index < -0.39 is 0 Å². The Kier molecular flexibility index (Phi) is 6.44. The third-order valence-electron chi connectivity index (χ3n) is 6.19. The number of carbonyl (C=O) groups is 2. The van der Waals surface area contributed by atoms with E-state index in [2.05, 4.69) is 16.3 Å². The summed E-state index contributed by atoms with van der Waals surface area (Å²) >= 11 is 0. The fraction of sp³-hybridized carbons (Fsp3) is 0.259. The minimum atomic E-state index is -0.112. The highest BCUT2D eigenvalue weighted by atomic mass is 16.7. The van der Waals surface area contributed by atoms with Crippen LogP contribution in [0.25, 0.3) is 0 Å². The third-order valence-corrected chi connectivity index (χ3v) is 6.19. The molecule has 0 spiro atoms. The topological polar surface area (TPSA) is 71.1 Å². The van der Waals surface area contributed by atoms with Gasteiger partial charge in [-0.3, -0.25) is 14.5 Å². The number of nitrogens with zero attached hydrogens (tertiary/aromatic N) is 2. The highest BCUT2D eigenvalue weighted by molar-refractivity contribution is 5.95. The maximum Gasteiger partial charge on any atom is 0.253 e. The lowest BCUT2D eigenvalue weighted by atomic mass is 10.1. The SMILES string of the molecule is O=C(NCc1ccc(C(=O)N2CCN(Cc3ccc4c(c3)OCO4)CC2)cc1)c1ccccc1. The highest BCUT2D eigenvalue weighted by Gasteiger charge is 2.23. The van der Waals surface area contributed by atoms with Crippen LogP contribution < -0.4 is 14.8 Å². The molecule has 3 aromatic rings. The van der Waals surface area contributed by atoms with Crippen LogP contribution in [0.15, 0.2) is 72.8 Å². The number of carbonyl (C=O) groups excluding carboxylic acids is 2. The summed E-state index contributed by atoms with van der Waals surface area (Å²) in [6.07, 6.45) is 0. The molecule has 0 radical (unpaired) electrons. The Bertz CT molecular complexity index is 1160. The molecule has 0 atom stereocenters. The van der Waals surface area contributed by atoms with Crippen LogP contribution in [-0.4, -0.2) is 54.6 Å². The van der Waals surface area contributed by atoms with Crippen molar-refractivity contribution in [2.75, 3.05) is 33.0 Å². The molecule has 7 nitrogen and oxygen atoms in total. The van der Waals surface area contributed by atoms with Crippen molar-refractivity contribution in [2.24, 2.45) is 0 Å². The number of hydrogen-bond donors (Lipinski definition) is 1. The van der Waals surface area contributed by atoms with Crippen molar-refractivity contribution >= 4 is 11.8 Å². The lowest BCUT2D eigenvalue weighted by Gasteiger charge is -2.34. The van der Waals surface area contributed by atoms with E-state index in [0.29, 0.717) is 30.8 Å². The average Bonchev–Trinajstić information content (AvgIpc) is 3.36. The number of benzene rings is 3. The Morgan fingerprint density at radius 1 is 0.765 bits per heavy atom. The minimum Gasteiger partial charge on any atom is -0.454 e. The van der Waals surface area contributed by atoms with E-state index in [1.54, 1.807) is 12.1 Å². The number of nitrogens with one attached hydrogen (secondary N) is 1. The smallest absolute Gasteiger partial charge is 0.253 e. The van der Waals surface area contributed by atoms with Gasteiger partial charge in [-0.1, -0.05) is 36.4 Å². The van der Waals surface area contributed by atoms with E-state index in [4.69, 9.17) is 9.47 Å². The van der Waals surface area contributed by atoms with Gasteiger partial charge in [-0.05, 0) is 47.5 Å². The van der Waals surface area contributed by atoms with Gasteiger partial charge >= 0.3 is 0 Å². The fourth-order valence-corrected chi connectivity index (χ4v) is 4.23. The van der Waals surface area contributed by atoms with E-state index >= 15 is 0 Å². The predicted octanol–water partition coefficient (Wildman–Crippen LogP) is 3.30. The Morgan fingerprint density at radius 2 is 1.47 bits per heavy atom. The van der Waals surface area contributed by atoms with Gasteiger partial charge in [0.15, 0.2) is 11.5 Å². The molecule has 0 unspecified atom stereocenters. The summed E-state index contributed by atoms with van der Waals surface area (Å²) < 4.78 is 10.8. The Balaban J connectivity index is 1.10. The van der Waals surface area contributed by atoms with Crippen LogP contribution in [0.3, 0.4) is 0 Å². The number of ether oxygens (including phenoxy) is 2. The first-order chi connectivity index (χ1) is 16.7. The number of piperazine rings is 1. The summed E-state index contributed by atoms with van der Waals surface area (Å²) in [5, 5.41) is 2.91. The van der Waals surface area contributed by atoms with Gasteiger partial charge in [0.2, 0.25) is 6.79 Å². The summed E-state index contributed by atoms with van der Waals surface area (Å²) in [7, 11) is 0. The molecule has 1 N–H and O–H groups in total. The van der Waals surface area contributed by atoms with Crippen molar-refractivity contribution in [1.82, 2.24) is 15.1 Å². The summed E-state index contributed by atoms with van der Waals surface area (Å²) in [4.78, 5) is 29.4. The molecule has 2 aliphatic rings. The summed E-state index contributed by atoms with van der Waals surface area (Å²) in [5.74, 6) is 1.53. The van der Waals surface area contributed by atoms with Gasteiger partial charge in [-0.2, -0.15) is 0 Å². The number of hydrogen-bond acceptors (Lipinski definition) is 5. The molecule has 0 bridgehead atoms. The summed E-state index contributed by atoms with van der Waals surface area (Å²) in [6.45, 7) is 4.55. The quantitative estimate of drug-likeness (QED) is 0.615. The summed E-state index contributed by atoms with van der Waals surface area (Å²) in [5.41, 5.74) is 3.43. The second-order valence-electron chi connectivity index (χ2n) is 8.50. The molecule has 2 aliphatic heterocycles. The Morgan fingerprint density at radius 3 is 2.24 bits per heavy atom. The zero-order valence-corrected chi connectivity index (χ0v) is 18.9. The van der Waals surface area contributed by atoms with Gasteiger partial charge in [-0.25, -0.2) is 0 Å². The first-order valence-corrected chi connectivity index (χ1v) is 11.5. The van der Waals surface area contributed by atoms with Crippen LogP contribution in [0, 0.1) is 0 Å². The lowest BCUT2D eigenvalue weighted by molar-refractivity contribution is 0.0628. The van der Waals surface area contributed by atoms with Gasteiger partial charge < -0.3 is 19.7 Å². The molecule has 1 fully saturated rings. The van der Waals surface area contributed by atoms with Crippen LogP contribution >= 0.6 is 0 Å². The second kappa shape index (κ2) is 9.97.